The van der Waals surface area contributed by atoms with Crippen molar-refractivity contribution in [2.24, 2.45) is 0 Å². The summed E-state index contributed by atoms with van der Waals surface area (Å²) in [7, 11) is 0. The van der Waals surface area contributed by atoms with Crippen LogP contribution in [0.1, 0.15) is 13.8 Å². The average molecular weight is 170 g/mol. The molecule has 1 amide bonds. The molecule has 0 aromatic rings. The van der Waals surface area contributed by atoms with Crippen LogP contribution in [0.3, 0.4) is 0 Å². The van der Waals surface area contributed by atoms with Crippen LogP contribution in [0.15, 0.2) is 0 Å². The van der Waals surface area contributed by atoms with Crippen LogP contribution in [-0.2, 0) is 9.53 Å². The second kappa shape index (κ2) is 2.44. The smallest absolute Gasteiger partial charge is 0.239 e. The van der Waals surface area contributed by atoms with Crippen molar-refractivity contribution < 1.29 is 9.53 Å². The minimum absolute atomic E-state index is 0.147. The van der Waals surface area contributed by atoms with Crippen molar-refractivity contribution in [1.82, 2.24) is 10.2 Å². The first-order chi connectivity index (χ1) is 5.63. The lowest BCUT2D eigenvalue weighted by atomic mass is 10.1. The van der Waals surface area contributed by atoms with E-state index in [4.69, 9.17) is 4.74 Å². The SMILES string of the molecule is CC1CO[C@]2(C)CNCC(=O)N12. The molecule has 4 heteroatoms. The van der Waals surface area contributed by atoms with Crippen LogP contribution in [0.4, 0.5) is 0 Å². The monoisotopic (exact) mass is 170 g/mol. The van der Waals surface area contributed by atoms with Crippen LogP contribution in [0, 0.1) is 0 Å². The molecule has 2 fully saturated rings. The zero-order chi connectivity index (χ0) is 8.77. The number of nitrogens with zero attached hydrogens (tertiary/aromatic N) is 1. The number of carbonyl (C=O) groups is 1. The van der Waals surface area contributed by atoms with E-state index in [-0.39, 0.29) is 11.9 Å². The van der Waals surface area contributed by atoms with Crippen molar-refractivity contribution in [2.45, 2.75) is 25.6 Å². The Morgan fingerprint density at radius 2 is 2.50 bits per heavy atom. The number of carbonyl (C=O) groups excluding carboxylic acids is 1. The van der Waals surface area contributed by atoms with Crippen LogP contribution in [-0.4, -0.2) is 42.3 Å². The van der Waals surface area contributed by atoms with Crippen molar-refractivity contribution in [1.29, 1.82) is 0 Å². The quantitative estimate of drug-likeness (QED) is 0.535. The van der Waals surface area contributed by atoms with E-state index in [0.29, 0.717) is 13.2 Å². The first kappa shape index (κ1) is 8.01. The lowest BCUT2D eigenvalue weighted by Crippen LogP contribution is -2.61. The second-order valence-corrected chi connectivity index (χ2v) is 3.70. The lowest BCUT2D eigenvalue weighted by Gasteiger charge is -2.39. The maximum atomic E-state index is 11.5. The Morgan fingerprint density at radius 3 is 3.17 bits per heavy atom. The molecule has 2 saturated heterocycles. The number of rotatable bonds is 0. The van der Waals surface area contributed by atoms with Gasteiger partial charge in [-0.2, -0.15) is 0 Å². The molecule has 2 aliphatic heterocycles. The van der Waals surface area contributed by atoms with E-state index in [1.54, 1.807) is 0 Å². The molecule has 2 atom stereocenters. The van der Waals surface area contributed by atoms with Crippen molar-refractivity contribution in [2.75, 3.05) is 19.7 Å². The number of hydrogen-bond acceptors (Lipinski definition) is 3. The molecule has 0 aromatic heterocycles. The molecule has 0 aliphatic carbocycles. The fraction of sp³-hybridized carbons (Fsp3) is 0.875. The van der Waals surface area contributed by atoms with Crippen molar-refractivity contribution in [3.05, 3.63) is 0 Å². The van der Waals surface area contributed by atoms with Crippen LogP contribution >= 0.6 is 0 Å². The maximum Gasteiger partial charge on any atom is 0.239 e. The van der Waals surface area contributed by atoms with Gasteiger partial charge in [0.2, 0.25) is 5.91 Å². The van der Waals surface area contributed by atoms with Crippen LogP contribution in [0.5, 0.6) is 0 Å². The van der Waals surface area contributed by atoms with E-state index in [0.717, 1.165) is 6.54 Å². The number of amides is 1. The minimum atomic E-state index is -0.394. The lowest BCUT2D eigenvalue weighted by molar-refractivity contribution is -0.152. The molecule has 12 heavy (non-hydrogen) atoms. The van der Waals surface area contributed by atoms with Crippen molar-refractivity contribution in [3.8, 4) is 0 Å². The predicted octanol–water partition coefficient (Wildman–Crippen LogP) is -0.447. The zero-order valence-electron chi connectivity index (χ0n) is 7.46. The molecule has 1 N–H and O–H groups in total. The number of hydrogen-bond donors (Lipinski definition) is 1. The Bertz CT molecular complexity index is 215. The van der Waals surface area contributed by atoms with Crippen LogP contribution in [0.25, 0.3) is 0 Å². The van der Waals surface area contributed by atoms with Crippen molar-refractivity contribution >= 4 is 5.91 Å². The summed E-state index contributed by atoms with van der Waals surface area (Å²) >= 11 is 0. The average Bonchev–Trinajstić information content (AvgIpc) is 2.29. The summed E-state index contributed by atoms with van der Waals surface area (Å²) in [6.07, 6.45) is 0. The third-order valence-electron chi connectivity index (χ3n) is 2.58. The Labute approximate surface area is 71.9 Å². The molecule has 2 aliphatic rings. The van der Waals surface area contributed by atoms with Gasteiger partial charge in [-0.1, -0.05) is 0 Å². The van der Waals surface area contributed by atoms with Gasteiger partial charge < -0.3 is 15.0 Å². The summed E-state index contributed by atoms with van der Waals surface area (Å²) in [5.41, 5.74) is -0.394. The fourth-order valence-electron chi connectivity index (χ4n) is 2.04. The molecule has 68 valence electrons. The molecule has 2 rings (SSSR count). The fourth-order valence-corrected chi connectivity index (χ4v) is 2.04. The molecule has 4 nitrogen and oxygen atoms in total. The van der Waals surface area contributed by atoms with E-state index in [9.17, 15) is 4.79 Å². The van der Waals surface area contributed by atoms with Gasteiger partial charge in [-0.05, 0) is 13.8 Å². The van der Waals surface area contributed by atoms with E-state index < -0.39 is 5.72 Å². The molecule has 0 radical (unpaired) electrons. The van der Waals surface area contributed by atoms with E-state index in [1.165, 1.54) is 0 Å². The maximum absolute atomic E-state index is 11.5. The number of fused-ring (bicyclic) bond motifs is 1. The van der Waals surface area contributed by atoms with Gasteiger partial charge in [0.25, 0.3) is 0 Å². The predicted molar refractivity (Wildman–Crippen MR) is 43.5 cm³/mol. The standard InChI is InChI=1S/C8H14N2O2/c1-6-4-12-8(2)5-9-3-7(11)10(6)8/h6,9H,3-5H2,1-2H3/t6?,8-/m1/s1. The molecule has 0 aromatic carbocycles. The summed E-state index contributed by atoms with van der Waals surface area (Å²) in [6, 6.07) is 0.226. The Morgan fingerprint density at radius 1 is 1.75 bits per heavy atom. The molecule has 0 saturated carbocycles. The molecule has 0 spiro atoms. The second-order valence-electron chi connectivity index (χ2n) is 3.70. The van der Waals surface area contributed by atoms with Gasteiger partial charge in [0.05, 0.1) is 19.2 Å². The van der Waals surface area contributed by atoms with Gasteiger partial charge in [-0.3, -0.25) is 4.79 Å². The third-order valence-corrected chi connectivity index (χ3v) is 2.58. The zero-order valence-corrected chi connectivity index (χ0v) is 7.46. The Hall–Kier alpha value is -0.610. The highest BCUT2D eigenvalue weighted by Crippen LogP contribution is 2.28. The summed E-state index contributed by atoms with van der Waals surface area (Å²) in [5, 5.41) is 3.05. The van der Waals surface area contributed by atoms with Crippen LogP contribution < -0.4 is 5.32 Å². The Kier molecular flexibility index (Phi) is 1.63. The van der Waals surface area contributed by atoms with Gasteiger partial charge in [0.15, 0.2) is 5.72 Å². The molecule has 1 unspecified atom stereocenters. The van der Waals surface area contributed by atoms with E-state index >= 15 is 0 Å². The first-order valence-electron chi connectivity index (χ1n) is 4.30. The highest BCUT2D eigenvalue weighted by Gasteiger charge is 2.46. The van der Waals surface area contributed by atoms with Gasteiger partial charge >= 0.3 is 0 Å². The number of ether oxygens (including phenoxy) is 1. The summed E-state index contributed by atoms with van der Waals surface area (Å²) in [5.74, 6) is 0.147. The van der Waals surface area contributed by atoms with Gasteiger partial charge in [-0.15, -0.1) is 0 Å². The molecule has 0 bridgehead atoms. The highest BCUT2D eigenvalue weighted by atomic mass is 16.5. The Balaban J connectivity index is 2.26. The van der Waals surface area contributed by atoms with E-state index in [2.05, 4.69) is 5.32 Å². The largest absolute Gasteiger partial charge is 0.352 e. The summed E-state index contributed by atoms with van der Waals surface area (Å²) < 4.78 is 5.57. The minimum Gasteiger partial charge on any atom is -0.352 e. The normalized spacial score (nSPS) is 41.7. The van der Waals surface area contributed by atoms with E-state index in [1.807, 2.05) is 18.7 Å². The molecular weight excluding hydrogens is 156 g/mol. The molecule has 2 heterocycles. The topological polar surface area (TPSA) is 41.6 Å². The summed E-state index contributed by atoms with van der Waals surface area (Å²) in [6.45, 7) is 5.82. The van der Waals surface area contributed by atoms with Gasteiger partial charge in [0, 0.05) is 6.54 Å². The van der Waals surface area contributed by atoms with Gasteiger partial charge in [0.1, 0.15) is 0 Å². The van der Waals surface area contributed by atoms with Crippen LogP contribution in [0.2, 0.25) is 0 Å². The molecular formula is C8H14N2O2. The van der Waals surface area contributed by atoms with Crippen molar-refractivity contribution in [3.63, 3.8) is 0 Å². The van der Waals surface area contributed by atoms with Gasteiger partial charge in [-0.25, -0.2) is 0 Å². The third kappa shape index (κ3) is 0.949. The number of piperazine rings is 1. The highest BCUT2D eigenvalue weighted by molar-refractivity contribution is 5.80. The first-order valence-corrected chi connectivity index (χ1v) is 4.30. The summed E-state index contributed by atoms with van der Waals surface area (Å²) in [4.78, 5) is 13.3. The number of nitrogens with one attached hydrogen (secondary N) is 1.